The second kappa shape index (κ2) is 7.70. The van der Waals surface area contributed by atoms with Crippen molar-refractivity contribution in [2.24, 2.45) is 0 Å². The van der Waals surface area contributed by atoms with Crippen molar-refractivity contribution < 1.29 is 9.59 Å². The Morgan fingerprint density at radius 1 is 1.30 bits per heavy atom. The number of terminal acetylenes is 1. The zero-order valence-corrected chi connectivity index (χ0v) is 12.6. The third kappa shape index (κ3) is 3.77. The van der Waals surface area contributed by atoms with Gasteiger partial charge in [0.25, 0.3) is 0 Å². The lowest BCUT2D eigenvalue weighted by Gasteiger charge is -2.29. The van der Waals surface area contributed by atoms with Gasteiger partial charge in [0.15, 0.2) is 0 Å². The molecule has 1 saturated carbocycles. The molecule has 1 heterocycles. The Morgan fingerprint density at radius 2 is 2.05 bits per heavy atom. The van der Waals surface area contributed by atoms with Gasteiger partial charge in [-0.2, -0.15) is 0 Å². The van der Waals surface area contributed by atoms with E-state index < -0.39 is 0 Å². The fourth-order valence-corrected chi connectivity index (χ4v) is 3.49. The van der Waals surface area contributed by atoms with Gasteiger partial charge in [-0.25, -0.2) is 0 Å². The molecule has 2 rings (SSSR count). The fourth-order valence-electron chi connectivity index (χ4n) is 2.97. The zero-order valence-electron chi connectivity index (χ0n) is 11.8. The van der Waals surface area contributed by atoms with Crippen molar-refractivity contribution in [1.29, 1.82) is 0 Å². The molecule has 0 bridgehead atoms. The summed E-state index contributed by atoms with van der Waals surface area (Å²) in [5, 5.41) is 3.19. The third-order valence-electron chi connectivity index (χ3n) is 3.95. The molecule has 0 aromatic heterocycles. The van der Waals surface area contributed by atoms with E-state index in [1.165, 1.54) is 11.3 Å². The van der Waals surface area contributed by atoms with Gasteiger partial charge >= 0.3 is 0 Å². The molecular weight excluding hydrogens is 272 g/mol. The van der Waals surface area contributed by atoms with E-state index in [-0.39, 0.29) is 23.9 Å². The lowest BCUT2D eigenvalue weighted by Crippen LogP contribution is -2.45. The second-order valence-corrected chi connectivity index (χ2v) is 6.47. The van der Waals surface area contributed by atoms with Crippen molar-refractivity contribution in [3.8, 4) is 12.3 Å². The van der Waals surface area contributed by atoms with E-state index in [4.69, 9.17) is 6.42 Å². The van der Waals surface area contributed by atoms with Crippen molar-refractivity contribution in [1.82, 2.24) is 10.2 Å². The van der Waals surface area contributed by atoms with Gasteiger partial charge in [-0.15, -0.1) is 18.2 Å². The molecule has 1 N–H and O–H groups in total. The van der Waals surface area contributed by atoms with Gasteiger partial charge in [0, 0.05) is 18.3 Å². The Hall–Kier alpha value is -0.990. The Balaban J connectivity index is 1.80. The van der Waals surface area contributed by atoms with E-state index in [0.29, 0.717) is 18.7 Å². The molecule has 1 atom stereocenters. The first kappa shape index (κ1) is 15.4. The van der Waals surface area contributed by atoms with Gasteiger partial charge in [0.1, 0.15) is 0 Å². The number of imide groups is 1. The smallest absolute Gasteiger partial charge is 0.247 e. The van der Waals surface area contributed by atoms with Gasteiger partial charge in [0.2, 0.25) is 11.8 Å². The van der Waals surface area contributed by atoms with E-state index in [1.807, 2.05) is 0 Å². The molecule has 4 nitrogen and oxygen atoms in total. The summed E-state index contributed by atoms with van der Waals surface area (Å²) in [5.41, 5.74) is 0. The van der Waals surface area contributed by atoms with E-state index in [0.717, 1.165) is 31.4 Å². The summed E-state index contributed by atoms with van der Waals surface area (Å²) >= 11 is 1.66. The highest BCUT2D eigenvalue weighted by Gasteiger charge is 2.42. The van der Waals surface area contributed by atoms with Gasteiger partial charge in [-0.3, -0.25) is 14.5 Å². The van der Waals surface area contributed by atoms with Crippen molar-refractivity contribution in [2.75, 3.05) is 18.1 Å². The molecule has 0 aromatic rings. The fraction of sp³-hybridized carbons (Fsp3) is 0.733. The number of rotatable bonds is 6. The Morgan fingerprint density at radius 3 is 2.75 bits per heavy atom. The number of hydrogen-bond donors (Lipinski definition) is 1. The van der Waals surface area contributed by atoms with Crippen LogP contribution in [0.2, 0.25) is 0 Å². The van der Waals surface area contributed by atoms with E-state index >= 15 is 0 Å². The molecule has 5 heteroatoms. The molecule has 1 saturated heterocycles. The highest BCUT2D eigenvalue weighted by atomic mass is 32.2. The lowest BCUT2D eigenvalue weighted by molar-refractivity contribution is -0.142. The molecular formula is C15H22N2O2S. The molecule has 0 radical (unpaired) electrons. The summed E-state index contributed by atoms with van der Waals surface area (Å²) in [6.45, 7) is 0.717. The lowest BCUT2D eigenvalue weighted by atomic mass is 9.94. The van der Waals surface area contributed by atoms with Gasteiger partial charge in [0.05, 0.1) is 18.2 Å². The molecule has 2 fully saturated rings. The molecule has 20 heavy (non-hydrogen) atoms. The molecule has 1 aliphatic carbocycles. The predicted molar refractivity (Wildman–Crippen MR) is 81.3 cm³/mol. The predicted octanol–water partition coefficient (Wildman–Crippen LogP) is 1.40. The Labute approximate surface area is 125 Å². The molecule has 1 unspecified atom stereocenters. The minimum absolute atomic E-state index is 0.00400. The molecule has 0 spiro atoms. The topological polar surface area (TPSA) is 49.4 Å². The summed E-state index contributed by atoms with van der Waals surface area (Å²) in [7, 11) is 0. The first-order valence-electron chi connectivity index (χ1n) is 7.34. The van der Waals surface area contributed by atoms with Gasteiger partial charge in [-0.05, 0) is 12.8 Å². The molecule has 110 valence electrons. The number of nitrogens with one attached hydrogen (secondary N) is 1. The first-order valence-corrected chi connectivity index (χ1v) is 8.50. The summed E-state index contributed by atoms with van der Waals surface area (Å²) in [4.78, 5) is 25.9. The Kier molecular flexibility index (Phi) is 5.93. The number of thioether (sulfide) groups is 1. The van der Waals surface area contributed by atoms with Gasteiger partial charge in [-0.1, -0.05) is 25.2 Å². The molecule has 1 aliphatic heterocycles. The number of carbonyl (C=O) groups excluding carboxylic acids is 2. The number of likely N-dealkylation sites (tertiary alicyclic amines) is 1. The number of hydrogen-bond acceptors (Lipinski definition) is 4. The van der Waals surface area contributed by atoms with Crippen LogP contribution in [0.4, 0.5) is 0 Å². The van der Waals surface area contributed by atoms with Crippen LogP contribution in [0.3, 0.4) is 0 Å². The minimum Gasteiger partial charge on any atom is -0.305 e. The largest absolute Gasteiger partial charge is 0.305 e. The maximum Gasteiger partial charge on any atom is 0.247 e. The molecule has 2 amide bonds. The zero-order chi connectivity index (χ0) is 14.4. The van der Waals surface area contributed by atoms with E-state index in [2.05, 4.69) is 11.2 Å². The number of amides is 2. The summed E-state index contributed by atoms with van der Waals surface area (Å²) < 4.78 is 0. The van der Waals surface area contributed by atoms with Crippen LogP contribution in [-0.2, 0) is 9.59 Å². The second-order valence-electron chi connectivity index (χ2n) is 5.36. The van der Waals surface area contributed by atoms with Crippen LogP contribution in [0.25, 0.3) is 0 Å². The van der Waals surface area contributed by atoms with Gasteiger partial charge < -0.3 is 5.32 Å². The van der Waals surface area contributed by atoms with Crippen LogP contribution in [-0.4, -0.2) is 46.8 Å². The van der Waals surface area contributed by atoms with Crippen molar-refractivity contribution in [3.05, 3.63) is 0 Å². The van der Waals surface area contributed by atoms with Crippen LogP contribution in [0.5, 0.6) is 0 Å². The van der Waals surface area contributed by atoms with Crippen LogP contribution in [0, 0.1) is 12.3 Å². The molecule has 0 aromatic carbocycles. The highest BCUT2D eigenvalue weighted by molar-refractivity contribution is 7.99. The average molecular weight is 294 g/mol. The normalized spacial score (nSPS) is 24.1. The number of nitrogens with zero attached hydrogens (tertiary/aromatic N) is 1. The van der Waals surface area contributed by atoms with Crippen molar-refractivity contribution >= 4 is 23.6 Å². The van der Waals surface area contributed by atoms with Crippen LogP contribution in [0.15, 0.2) is 0 Å². The maximum absolute atomic E-state index is 12.3. The van der Waals surface area contributed by atoms with Crippen molar-refractivity contribution in [3.63, 3.8) is 0 Å². The summed E-state index contributed by atoms with van der Waals surface area (Å²) in [5.74, 6) is 4.09. The average Bonchev–Trinajstić information content (AvgIpc) is 2.74. The standard InChI is InChI=1S/C15H22N2O2S/c1-2-9-20-10-8-16-13-11-14(18)17(15(13)19)12-6-4-3-5-7-12/h1,12-13,16H,3-11H2. The van der Waals surface area contributed by atoms with E-state index in [9.17, 15) is 9.59 Å². The highest BCUT2D eigenvalue weighted by Crippen LogP contribution is 2.27. The maximum atomic E-state index is 12.3. The van der Waals surface area contributed by atoms with Crippen LogP contribution in [0.1, 0.15) is 38.5 Å². The third-order valence-corrected chi connectivity index (χ3v) is 4.81. The summed E-state index contributed by atoms with van der Waals surface area (Å²) in [6.07, 6.45) is 10.9. The quantitative estimate of drug-likeness (QED) is 0.457. The Bertz CT molecular complexity index is 399. The van der Waals surface area contributed by atoms with Crippen molar-refractivity contribution in [2.45, 2.75) is 50.6 Å². The minimum atomic E-state index is -0.323. The first-order chi connectivity index (χ1) is 9.74. The molecule has 2 aliphatic rings. The summed E-state index contributed by atoms with van der Waals surface area (Å²) in [6, 6.07) is -0.178. The SMILES string of the molecule is C#CCSCCNC1CC(=O)N(C2CCCCC2)C1=O. The monoisotopic (exact) mass is 294 g/mol. The number of carbonyl (C=O) groups is 2. The van der Waals surface area contributed by atoms with E-state index in [1.54, 1.807) is 11.8 Å². The van der Waals surface area contributed by atoms with Crippen LogP contribution >= 0.6 is 11.8 Å². The van der Waals surface area contributed by atoms with Crippen LogP contribution < -0.4 is 5.32 Å².